The average molecular weight is 722 g/mol. The predicted molar refractivity (Wildman–Crippen MR) is 181 cm³/mol. The van der Waals surface area contributed by atoms with E-state index in [1.807, 2.05) is 31.2 Å². The number of imide groups is 1. The molecule has 1 saturated heterocycles. The van der Waals surface area contributed by atoms with E-state index in [-0.39, 0.29) is 52.0 Å². The Morgan fingerprint density at radius 2 is 1.72 bits per heavy atom. The summed E-state index contributed by atoms with van der Waals surface area (Å²) >= 11 is 2.62. The first-order valence-electron chi connectivity index (χ1n) is 16.0. The molecule has 0 unspecified atom stereocenters. The zero-order valence-electron chi connectivity index (χ0n) is 26.7. The maximum absolute atomic E-state index is 14.0. The standard InChI is InChI=1S/C36H30F3N3O6S2/c1-16-6-9-19(10-7-16)40-25(43)15-48-23-11-8-17(12-24(23)47-2)26-27-21-14-22(30(27)49-32-31(26)50-35(46)41-32)29-28(21)33(44)42(34(29)45)20-5-3-4-18(13-20)36(37,38)39/h3-13,21-22,26-30H,14-15H2,1-2H3,(H,40,43)(H,41,46)/t21-,22-,26+,27-,28+,29+,30-/m1/s1. The summed E-state index contributed by atoms with van der Waals surface area (Å²) in [6.07, 6.45) is -4.00. The molecule has 3 aromatic carbocycles. The number of nitrogens with zero attached hydrogens (tertiary/aromatic N) is 1. The third-order valence-electron chi connectivity index (χ3n) is 10.4. The van der Waals surface area contributed by atoms with E-state index in [1.54, 1.807) is 18.2 Å². The van der Waals surface area contributed by atoms with E-state index in [1.165, 1.54) is 31.0 Å². The quantitative estimate of drug-likeness (QED) is 0.210. The number of amides is 3. The van der Waals surface area contributed by atoms with Crippen molar-refractivity contribution in [3.05, 3.63) is 98.0 Å². The van der Waals surface area contributed by atoms with Crippen LogP contribution in [-0.2, 0) is 20.6 Å². The van der Waals surface area contributed by atoms with Gasteiger partial charge in [-0.3, -0.25) is 24.1 Å². The number of rotatable bonds is 7. The maximum Gasteiger partial charge on any atom is 0.416 e. The Hall–Kier alpha value is -4.56. The molecule has 8 rings (SSSR count). The lowest BCUT2D eigenvalue weighted by atomic mass is 9.68. The van der Waals surface area contributed by atoms with Crippen molar-refractivity contribution in [2.45, 2.75) is 35.7 Å². The Bertz CT molecular complexity index is 2100. The van der Waals surface area contributed by atoms with Crippen molar-refractivity contribution in [3.63, 3.8) is 0 Å². The van der Waals surface area contributed by atoms with Gasteiger partial charge in [-0.15, -0.1) is 11.8 Å². The van der Waals surface area contributed by atoms with Gasteiger partial charge in [0.1, 0.15) is 0 Å². The Morgan fingerprint density at radius 3 is 2.44 bits per heavy atom. The van der Waals surface area contributed by atoms with Crippen LogP contribution in [0.3, 0.4) is 0 Å². The number of benzene rings is 3. The molecule has 0 radical (unpaired) electrons. The van der Waals surface area contributed by atoms with Crippen molar-refractivity contribution in [1.29, 1.82) is 0 Å². The fourth-order valence-corrected chi connectivity index (χ4v) is 11.3. The second kappa shape index (κ2) is 12.0. The summed E-state index contributed by atoms with van der Waals surface area (Å²) in [7, 11) is 1.49. The summed E-state index contributed by atoms with van der Waals surface area (Å²) in [5.41, 5.74) is 1.53. The molecule has 258 valence electrons. The number of aromatic nitrogens is 1. The number of methoxy groups -OCH3 is 1. The molecule has 14 heteroatoms. The van der Waals surface area contributed by atoms with E-state index in [9.17, 15) is 32.3 Å². The number of nitrogens with one attached hydrogen (secondary N) is 2. The van der Waals surface area contributed by atoms with Crippen molar-refractivity contribution in [2.75, 3.05) is 23.9 Å². The highest BCUT2D eigenvalue weighted by atomic mass is 32.2. The SMILES string of the molecule is COc1cc([C@@H]2c3sc(=O)[nH]c3S[C@@H]3[C@@H]4C[C@@H]([C@@H]5C(=O)N(c6cccc(C(F)(F)F)c6)C(=O)[C@@H]45)[C@H]23)ccc1OCC(=O)Nc1ccc(C)cc1. The normalized spacial score (nSPS) is 26.4. The van der Waals surface area contributed by atoms with Crippen LogP contribution in [0.15, 0.2) is 76.6 Å². The van der Waals surface area contributed by atoms with Gasteiger partial charge in [0.15, 0.2) is 18.1 Å². The van der Waals surface area contributed by atoms with Gasteiger partial charge in [-0.05, 0) is 79.1 Å². The van der Waals surface area contributed by atoms with Crippen LogP contribution in [0.4, 0.5) is 24.5 Å². The number of halogens is 3. The molecular formula is C36H30F3N3O6S2. The molecule has 2 bridgehead atoms. The van der Waals surface area contributed by atoms with Gasteiger partial charge in [0, 0.05) is 21.7 Å². The number of thiazole rings is 1. The van der Waals surface area contributed by atoms with Crippen molar-refractivity contribution in [2.24, 2.45) is 29.6 Å². The monoisotopic (exact) mass is 721 g/mol. The summed E-state index contributed by atoms with van der Waals surface area (Å²) in [5.74, 6) is -2.81. The maximum atomic E-state index is 14.0. The molecule has 3 amide bonds. The molecule has 4 aromatic rings. The van der Waals surface area contributed by atoms with Gasteiger partial charge >= 0.3 is 11.0 Å². The number of thioether (sulfide) groups is 1. The number of H-pyrrole nitrogens is 1. The highest BCUT2D eigenvalue weighted by molar-refractivity contribution is 8.00. The third kappa shape index (κ3) is 5.31. The minimum atomic E-state index is -4.63. The van der Waals surface area contributed by atoms with Gasteiger partial charge in [0.25, 0.3) is 5.91 Å². The number of anilines is 2. The van der Waals surface area contributed by atoms with Crippen LogP contribution in [0.1, 0.15) is 33.9 Å². The summed E-state index contributed by atoms with van der Waals surface area (Å²) < 4.78 is 52.2. The van der Waals surface area contributed by atoms with Crippen LogP contribution in [0.2, 0.25) is 0 Å². The molecule has 3 heterocycles. The summed E-state index contributed by atoms with van der Waals surface area (Å²) in [6, 6.07) is 17.1. The largest absolute Gasteiger partial charge is 0.493 e. The fourth-order valence-electron chi connectivity index (χ4n) is 8.44. The number of hydrogen-bond donors (Lipinski definition) is 2. The van der Waals surface area contributed by atoms with E-state index in [0.29, 0.717) is 28.6 Å². The van der Waals surface area contributed by atoms with Crippen LogP contribution in [0.5, 0.6) is 11.5 Å². The van der Waals surface area contributed by atoms with E-state index in [0.717, 1.165) is 44.4 Å². The first kappa shape index (κ1) is 32.6. The molecule has 9 nitrogen and oxygen atoms in total. The molecule has 50 heavy (non-hydrogen) atoms. The van der Waals surface area contributed by atoms with Gasteiger partial charge in [0.05, 0.1) is 35.2 Å². The zero-order valence-corrected chi connectivity index (χ0v) is 28.3. The smallest absolute Gasteiger partial charge is 0.416 e. The molecule has 1 aromatic heterocycles. The average Bonchev–Trinajstić information content (AvgIpc) is 3.83. The zero-order chi connectivity index (χ0) is 35.1. The number of ether oxygens (including phenoxy) is 2. The highest BCUT2D eigenvalue weighted by Crippen LogP contribution is 2.69. The minimum Gasteiger partial charge on any atom is -0.493 e. The minimum absolute atomic E-state index is 0.0767. The molecule has 4 aliphatic rings. The lowest BCUT2D eigenvalue weighted by molar-refractivity contribution is -0.137. The first-order chi connectivity index (χ1) is 23.9. The summed E-state index contributed by atoms with van der Waals surface area (Å²) in [5, 5.41) is 3.40. The Morgan fingerprint density at radius 1 is 0.980 bits per heavy atom. The number of fused-ring (bicyclic) bond motifs is 9. The number of aryl methyl sites for hydroxylation is 1. The number of carbonyl (C=O) groups excluding carboxylic acids is 3. The van der Waals surface area contributed by atoms with Gasteiger partial charge < -0.3 is 19.8 Å². The number of carbonyl (C=O) groups is 3. The van der Waals surface area contributed by atoms with Crippen molar-refractivity contribution in [3.8, 4) is 11.5 Å². The Kier molecular flexibility index (Phi) is 7.86. The molecular weight excluding hydrogens is 692 g/mol. The second-order valence-corrected chi connectivity index (χ2v) is 15.3. The van der Waals surface area contributed by atoms with Crippen LogP contribution in [0.25, 0.3) is 0 Å². The van der Waals surface area contributed by atoms with Crippen molar-refractivity contribution in [1.82, 2.24) is 4.98 Å². The molecule has 2 aliphatic carbocycles. The third-order valence-corrected chi connectivity index (χ3v) is 13.0. The van der Waals surface area contributed by atoms with Gasteiger partial charge in [-0.2, -0.15) is 13.2 Å². The van der Waals surface area contributed by atoms with Gasteiger partial charge in [0.2, 0.25) is 11.8 Å². The number of hydrogen-bond acceptors (Lipinski definition) is 8. The molecule has 2 aliphatic heterocycles. The van der Waals surface area contributed by atoms with E-state index in [2.05, 4.69) is 10.3 Å². The Labute approximate surface area is 292 Å². The van der Waals surface area contributed by atoms with Gasteiger partial charge in [-0.25, -0.2) is 0 Å². The summed E-state index contributed by atoms with van der Waals surface area (Å²) in [6.45, 7) is 1.69. The topological polar surface area (TPSA) is 118 Å². The van der Waals surface area contributed by atoms with Crippen LogP contribution in [-0.4, -0.2) is 41.7 Å². The number of alkyl halides is 3. The lowest BCUT2D eigenvalue weighted by Gasteiger charge is -2.43. The predicted octanol–water partition coefficient (Wildman–Crippen LogP) is 6.47. The van der Waals surface area contributed by atoms with Crippen LogP contribution in [0, 0.1) is 36.5 Å². The second-order valence-electron chi connectivity index (χ2n) is 13.1. The summed E-state index contributed by atoms with van der Waals surface area (Å²) in [4.78, 5) is 57.7. The van der Waals surface area contributed by atoms with Crippen molar-refractivity contribution >= 4 is 52.2 Å². The molecule has 7 atom stereocenters. The van der Waals surface area contributed by atoms with Gasteiger partial charge in [-0.1, -0.05) is 41.2 Å². The lowest BCUT2D eigenvalue weighted by Crippen LogP contribution is -2.42. The Balaban J connectivity index is 1.09. The van der Waals surface area contributed by atoms with E-state index >= 15 is 0 Å². The van der Waals surface area contributed by atoms with Crippen LogP contribution < -0.4 is 24.6 Å². The van der Waals surface area contributed by atoms with E-state index < -0.39 is 35.4 Å². The fraction of sp³-hybridized carbons (Fsp3) is 0.333. The van der Waals surface area contributed by atoms with Crippen molar-refractivity contribution < 1.29 is 37.0 Å². The molecule has 0 spiro atoms. The van der Waals surface area contributed by atoms with E-state index in [4.69, 9.17) is 9.47 Å². The molecule has 2 N–H and O–H groups in total. The molecule has 3 fully saturated rings. The molecule has 2 saturated carbocycles. The van der Waals surface area contributed by atoms with Crippen LogP contribution >= 0.6 is 23.1 Å². The highest BCUT2D eigenvalue weighted by Gasteiger charge is 2.69. The first-order valence-corrected chi connectivity index (χ1v) is 17.7. The number of aromatic amines is 1.